The lowest BCUT2D eigenvalue weighted by Crippen LogP contribution is -2.34. The molecule has 0 aromatic heterocycles. The summed E-state index contributed by atoms with van der Waals surface area (Å²) in [4.78, 5) is 0. The molecule has 1 unspecified atom stereocenters. The van der Waals surface area contributed by atoms with Gasteiger partial charge in [-0.2, -0.15) is 0 Å². The van der Waals surface area contributed by atoms with Crippen molar-refractivity contribution in [1.82, 2.24) is 10.6 Å². The second-order valence-electron chi connectivity index (χ2n) is 6.34. The van der Waals surface area contributed by atoms with Gasteiger partial charge in [-0.25, -0.2) is 0 Å². The Labute approximate surface area is 134 Å². The van der Waals surface area contributed by atoms with Crippen molar-refractivity contribution in [3.63, 3.8) is 0 Å². The highest BCUT2D eigenvalue weighted by molar-refractivity contribution is 5.39. The van der Waals surface area contributed by atoms with E-state index in [1.165, 1.54) is 27.8 Å². The van der Waals surface area contributed by atoms with E-state index in [0.717, 1.165) is 32.5 Å². The number of benzene rings is 2. The lowest BCUT2D eigenvalue weighted by atomic mass is 9.91. The van der Waals surface area contributed by atoms with Crippen LogP contribution in [0.1, 0.15) is 40.3 Å². The van der Waals surface area contributed by atoms with Gasteiger partial charge in [-0.05, 0) is 54.5 Å². The Morgan fingerprint density at radius 3 is 2.59 bits per heavy atom. The van der Waals surface area contributed by atoms with Crippen LogP contribution >= 0.6 is 0 Å². The zero-order valence-electron chi connectivity index (χ0n) is 13.7. The Balaban J connectivity index is 1.83. The van der Waals surface area contributed by atoms with Crippen LogP contribution in [0.25, 0.3) is 0 Å². The van der Waals surface area contributed by atoms with Gasteiger partial charge in [-0.1, -0.05) is 42.5 Å². The van der Waals surface area contributed by atoms with Crippen molar-refractivity contribution in [1.29, 1.82) is 0 Å². The average Bonchev–Trinajstić information content (AvgIpc) is 2.52. The predicted octanol–water partition coefficient (Wildman–Crippen LogP) is 3.67. The third kappa shape index (κ3) is 3.57. The van der Waals surface area contributed by atoms with Gasteiger partial charge in [-0.3, -0.25) is 0 Å². The van der Waals surface area contributed by atoms with Gasteiger partial charge in [0.25, 0.3) is 0 Å². The fraction of sp³-hybridized carbons (Fsp3) is 0.400. The molecule has 1 aliphatic heterocycles. The summed E-state index contributed by atoms with van der Waals surface area (Å²) in [5, 5.41) is 7.25. The fourth-order valence-corrected chi connectivity index (χ4v) is 3.26. The maximum absolute atomic E-state index is 3.73. The Hall–Kier alpha value is -1.64. The van der Waals surface area contributed by atoms with Gasteiger partial charge < -0.3 is 10.6 Å². The Morgan fingerprint density at radius 2 is 1.77 bits per heavy atom. The van der Waals surface area contributed by atoms with E-state index in [4.69, 9.17) is 0 Å². The van der Waals surface area contributed by atoms with Crippen molar-refractivity contribution >= 4 is 0 Å². The highest BCUT2D eigenvalue weighted by Gasteiger charge is 2.18. The summed E-state index contributed by atoms with van der Waals surface area (Å²) < 4.78 is 0. The molecule has 2 aromatic rings. The first-order valence-electron chi connectivity index (χ1n) is 8.32. The van der Waals surface area contributed by atoms with Crippen molar-refractivity contribution in [3.8, 4) is 0 Å². The molecule has 2 heteroatoms. The van der Waals surface area contributed by atoms with E-state index in [0.29, 0.717) is 6.04 Å². The summed E-state index contributed by atoms with van der Waals surface area (Å²) in [5.41, 5.74) is 7.14. The summed E-state index contributed by atoms with van der Waals surface area (Å²) in [6, 6.07) is 16.0. The van der Waals surface area contributed by atoms with Crippen molar-refractivity contribution in [3.05, 3.63) is 70.3 Å². The van der Waals surface area contributed by atoms with Gasteiger partial charge >= 0.3 is 0 Å². The third-order valence-corrected chi connectivity index (χ3v) is 4.70. The lowest BCUT2D eigenvalue weighted by Gasteiger charge is -2.26. The van der Waals surface area contributed by atoms with E-state index >= 15 is 0 Å². The quantitative estimate of drug-likeness (QED) is 0.902. The van der Waals surface area contributed by atoms with Crippen LogP contribution < -0.4 is 10.6 Å². The van der Waals surface area contributed by atoms with E-state index in [-0.39, 0.29) is 0 Å². The zero-order chi connectivity index (χ0) is 15.4. The molecule has 2 aromatic carbocycles. The molecular weight excluding hydrogens is 268 g/mol. The van der Waals surface area contributed by atoms with Crippen LogP contribution in [0.4, 0.5) is 0 Å². The molecule has 1 aliphatic rings. The molecule has 0 aliphatic carbocycles. The van der Waals surface area contributed by atoms with Crippen LogP contribution in [0.15, 0.2) is 42.5 Å². The molecule has 0 saturated carbocycles. The molecule has 0 fully saturated rings. The fourth-order valence-electron chi connectivity index (χ4n) is 3.26. The Bertz CT molecular complexity index is 619. The number of rotatable bonds is 3. The van der Waals surface area contributed by atoms with Gasteiger partial charge in [0.1, 0.15) is 0 Å². The predicted molar refractivity (Wildman–Crippen MR) is 93.1 cm³/mol. The number of nitrogens with one attached hydrogen (secondary N) is 2. The first-order chi connectivity index (χ1) is 10.7. The summed E-state index contributed by atoms with van der Waals surface area (Å²) in [6.07, 6.45) is 2.28. The molecule has 22 heavy (non-hydrogen) atoms. The summed E-state index contributed by atoms with van der Waals surface area (Å²) in [7, 11) is 0. The minimum absolute atomic E-state index is 0.455. The van der Waals surface area contributed by atoms with E-state index < -0.39 is 0 Å². The van der Waals surface area contributed by atoms with Gasteiger partial charge in [0, 0.05) is 25.7 Å². The van der Waals surface area contributed by atoms with E-state index in [1.54, 1.807) is 0 Å². The minimum atomic E-state index is 0.455. The molecule has 0 saturated heterocycles. The van der Waals surface area contributed by atoms with E-state index in [1.807, 2.05) is 0 Å². The largest absolute Gasteiger partial charge is 0.311 e. The SMILES string of the molecule is Cc1cc2c(cc1C)C(CCc1ccccc1)NCCNC2. The molecule has 1 atom stereocenters. The molecule has 116 valence electrons. The smallest absolute Gasteiger partial charge is 0.0327 e. The van der Waals surface area contributed by atoms with Gasteiger partial charge in [0.05, 0.1) is 0 Å². The highest BCUT2D eigenvalue weighted by atomic mass is 15.0. The van der Waals surface area contributed by atoms with Crippen LogP contribution in [0.2, 0.25) is 0 Å². The highest BCUT2D eigenvalue weighted by Crippen LogP contribution is 2.26. The van der Waals surface area contributed by atoms with Gasteiger partial charge in [0.2, 0.25) is 0 Å². The van der Waals surface area contributed by atoms with Crippen LogP contribution in [0, 0.1) is 13.8 Å². The van der Waals surface area contributed by atoms with Crippen molar-refractivity contribution in [2.45, 2.75) is 39.3 Å². The molecule has 3 rings (SSSR count). The monoisotopic (exact) mass is 294 g/mol. The molecule has 2 N–H and O–H groups in total. The standard InChI is InChI=1S/C20H26N2/c1-15-12-18-14-21-10-11-22-20(19(18)13-16(15)2)9-8-17-6-4-3-5-7-17/h3-7,12-13,20-22H,8-11,14H2,1-2H3. The molecule has 0 bridgehead atoms. The van der Waals surface area contributed by atoms with Crippen molar-refractivity contribution in [2.24, 2.45) is 0 Å². The second kappa shape index (κ2) is 7.08. The number of hydrogen-bond acceptors (Lipinski definition) is 2. The van der Waals surface area contributed by atoms with Crippen molar-refractivity contribution in [2.75, 3.05) is 13.1 Å². The van der Waals surface area contributed by atoms with E-state index in [9.17, 15) is 0 Å². The second-order valence-corrected chi connectivity index (χ2v) is 6.34. The molecule has 1 heterocycles. The number of fused-ring (bicyclic) bond motifs is 1. The first kappa shape index (κ1) is 15.3. The zero-order valence-corrected chi connectivity index (χ0v) is 13.7. The van der Waals surface area contributed by atoms with Crippen LogP contribution in [0.5, 0.6) is 0 Å². The maximum atomic E-state index is 3.73. The van der Waals surface area contributed by atoms with E-state index in [2.05, 4.69) is 66.9 Å². The van der Waals surface area contributed by atoms with Gasteiger partial charge in [-0.15, -0.1) is 0 Å². The molecule has 0 radical (unpaired) electrons. The molecule has 2 nitrogen and oxygen atoms in total. The van der Waals surface area contributed by atoms with Crippen LogP contribution in [-0.2, 0) is 13.0 Å². The molecule has 0 amide bonds. The van der Waals surface area contributed by atoms with Crippen LogP contribution in [0.3, 0.4) is 0 Å². The van der Waals surface area contributed by atoms with Gasteiger partial charge in [0.15, 0.2) is 0 Å². The first-order valence-corrected chi connectivity index (χ1v) is 8.32. The summed E-state index contributed by atoms with van der Waals surface area (Å²) in [6.45, 7) is 7.48. The Kier molecular flexibility index (Phi) is 4.91. The summed E-state index contributed by atoms with van der Waals surface area (Å²) >= 11 is 0. The molecule has 0 spiro atoms. The normalized spacial score (nSPS) is 18.4. The average molecular weight is 294 g/mol. The topological polar surface area (TPSA) is 24.1 Å². The van der Waals surface area contributed by atoms with Crippen molar-refractivity contribution < 1.29 is 0 Å². The minimum Gasteiger partial charge on any atom is -0.311 e. The molecular formula is C20H26N2. The summed E-state index contributed by atoms with van der Waals surface area (Å²) in [5.74, 6) is 0. The Morgan fingerprint density at radius 1 is 1.00 bits per heavy atom. The van der Waals surface area contributed by atoms with Crippen LogP contribution in [-0.4, -0.2) is 13.1 Å². The lowest BCUT2D eigenvalue weighted by molar-refractivity contribution is 0.468. The maximum Gasteiger partial charge on any atom is 0.0327 e. The number of aryl methyl sites for hydroxylation is 3. The third-order valence-electron chi connectivity index (χ3n) is 4.70. The number of hydrogen-bond donors (Lipinski definition) is 2.